The van der Waals surface area contributed by atoms with Crippen molar-refractivity contribution >= 4 is 17.5 Å². The SMILES string of the molecule is CCOC(=O)[C@]1(C(=O)c2ccccc2)O[C@H]1C(=O)c1ccccc1. The van der Waals surface area contributed by atoms with Gasteiger partial charge in [-0.1, -0.05) is 60.7 Å². The molecule has 0 radical (unpaired) electrons. The van der Waals surface area contributed by atoms with E-state index in [4.69, 9.17) is 9.47 Å². The highest BCUT2D eigenvalue weighted by molar-refractivity contribution is 6.24. The van der Waals surface area contributed by atoms with Gasteiger partial charge in [0.05, 0.1) is 6.61 Å². The lowest BCUT2D eigenvalue weighted by Gasteiger charge is -2.11. The number of Topliss-reactive ketones (excluding diaryl/α,β-unsaturated/α-hetero) is 2. The fourth-order valence-corrected chi connectivity index (χ4v) is 2.61. The molecule has 1 aliphatic rings. The second-order valence-corrected chi connectivity index (χ2v) is 5.38. The number of rotatable bonds is 6. The lowest BCUT2D eigenvalue weighted by Crippen LogP contribution is -2.40. The van der Waals surface area contributed by atoms with Crippen molar-refractivity contribution in [1.29, 1.82) is 0 Å². The first kappa shape index (κ1) is 16.1. The van der Waals surface area contributed by atoms with Gasteiger partial charge < -0.3 is 9.47 Å². The van der Waals surface area contributed by atoms with Crippen molar-refractivity contribution in [2.75, 3.05) is 6.61 Å². The third kappa shape index (κ3) is 2.63. The molecule has 2 aromatic carbocycles. The van der Waals surface area contributed by atoms with E-state index in [9.17, 15) is 14.4 Å². The Morgan fingerprint density at radius 3 is 2.04 bits per heavy atom. The highest BCUT2D eigenvalue weighted by Gasteiger charge is 2.72. The van der Waals surface area contributed by atoms with E-state index in [1.54, 1.807) is 67.6 Å². The molecule has 2 atom stereocenters. The molecule has 0 saturated carbocycles. The predicted molar refractivity (Wildman–Crippen MR) is 85.8 cm³/mol. The summed E-state index contributed by atoms with van der Waals surface area (Å²) < 4.78 is 10.4. The molecule has 2 aromatic rings. The zero-order valence-corrected chi connectivity index (χ0v) is 13.1. The van der Waals surface area contributed by atoms with Gasteiger partial charge in [-0.15, -0.1) is 0 Å². The summed E-state index contributed by atoms with van der Waals surface area (Å²) in [6.07, 6.45) is -1.16. The number of benzene rings is 2. The molecule has 1 heterocycles. The standard InChI is InChI=1S/C19H16O5/c1-2-23-18(22)19(16(21)14-11-7-4-8-12-14)17(24-19)15(20)13-9-5-3-6-10-13/h3-12,17H,2H2,1H3/t17-,19+/m0/s1. The molecule has 5 nitrogen and oxygen atoms in total. The van der Waals surface area contributed by atoms with Crippen LogP contribution < -0.4 is 0 Å². The maximum absolute atomic E-state index is 12.8. The van der Waals surface area contributed by atoms with Gasteiger partial charge in [-0.05, 0) is 6.92 Å². The van der Waals surface area contributed by atoms with Gasteiger partial charge in [0.1, 0.15) is 0 Å². The molecule has 5 heteroatoms. The zero-order chi connectivity index (χ0) is 17.2. The summed E-state index contributed by atoms with van der Waals surface area (Å²) in [6.45, 7) is 1.73. The van der Waals surface area contributed by atoms with Crippen LogP contribution >= 0.6 is 0 Å². The van der Waals surface area contributed by atoms with Crippen LogP contribution in [0.25, 0.3) is 0 Å². The van der Waals surface area contributed by atoms with Gasteiger partial charge in [0.2, 0.25) is 5.78 Å². The van der Waals surface area contributed by atoms with Gasteiger partial charge in [0, 0.05) is 11.1 Å². The van der Waals surface area contributed by atoms with Gasteiger partial charge in [-0.25, -0.2) is 4.79 Å². The highest BCUT2D eigenvalue weighted by atomic mass is 16.7. The highest BCUT2D eigenvalue weighted by Crippen LogP contribution is 2.42. The minimum atomic E-state index is -1.88. The number of epoxide rings is 1. The van der Waals surface area contributed by atoms with E-state index in [1.807, 2.05) is 0 Å². The van der Waals surface area contributed by atoms with Crippen molar-refractivity contribution in [2.24, 2.45) is 0 Å². The minimum Gasteiger partial charge on any atom is -0.463 e. The topological polar surface area (TPSA) is 73.0 Å². The first-order valence-corrected chi connectivity index (χ1v) is 7.65. The Hall–Kier alpha value is -2.79. The predicted octanol–water partition coefficient (Wildman–Crippen LogP) is 2.45. The summed E-state index contributed by atoms with van der Waals surface area (Å²) in [6, 6.07) is 16.7. The molecule has 0 unspecified atom stereocenters. The van der Waals surface area contributed by atoms with Crippen LogP contribution in [-0.2, 0) is 14.3 Å². The Balaban J connectivity index is 1.94. The molecular formula is C19H16O5. The normalized spacial score (nSPS) is 21.8. The minimum absolute atomic E-state index is 0.0955. The van der Waals surface area contributed by atoms with Crippen LogP contribution in [0.2, 0.25) is 0 Å². The molecule has 24 heavy (non-hydrogen) atoms. The molecule has 1 saturated heterocycles. The lowest BCUT2D eigenvalue weighted by atomic mass is 9.90. The summed E-state index contributed by atoms with van der Waals surface area (Å²) in [5.41, 5.74) is -1.20. The van der Waals surface area contributed by atoms with Crippen LogP contribution in [0.5, 0.6) is 0 Å². The van der Waals surface area contributed by atoms with Crippen LogP contribution in [0.15, 0.2) is 60.7 Å². The quantitative estimate of drug-likeness (QED) is 0.353. The molecule has 122 valence electrons. The monoisotopic (exact) mass is 324 g/mol. The third-order valence-electron chi connectivity index (χ3n) is 3.86. The number of ether oxygens (including phenoxy) is 2. The zero-order valence-electron chi connectivity index (χ0n) is 13.1. The Kier molecular flexibility index (Phi) is 4.27. The molecular weight excluding hydrogens is 308 g/mol. The maximum Gasteiger partial charge on any atom is 0.350 e. The van der Waals surface area contributed by atoms with E-state index in [0.717, 1.165) is 0 Å². The number of ketones is 2. The second-order valence-electron chi connectivity index (χ2n) is 5.38. The van der Waals surface area contributed by atoms with Gasteiger partial charge >= 0.3 is 5.97 Å². The summed E-state index contributed by atoms with van der Waals surface area (Å²) in [7, 11) is 0. The van der Waals surface area contributed by atoms with Crippen LogP contribution in [0, 0.1) is 0 Å². The van der Waals surface area contributed by atoms with E-state index in [-0.39, 0.29) is 6.61 Å². The number of carbonyl (C=O) groups is 3. The molecule has 0 aliphatic carbocycles. The first-order valence-electron chi connectivity index (χ1n) is 7.65. The fourth-order valence-electron chi connectivity index (χ4n) is 2.61. The fraction of sp³-hybridized carbons (Fsp3) is 0.211. The van der Waals surface area contributed by atoms with Crippen LogP contribution in [0.3, 0.4) is 0 Å². The van der Waals surface area contributed by atoms with Crippen molar-refractivity contribution in [3.05, 3.63) is 71.8 Å². The van der Waals surface area contributed by atoms with E-state index in [2.05, 4.69) is 0 Å². The summed E-state index contributed by atoms with van der Waals surface area (Å²) >= 11 is 0. The van der Waals surface area contributed by atoms with Gasteiger partial charge in [0.25, 0.3) is 5.60 Å². The number of esters is 1. The molecule has 0 amide bonds. The second kappa shape index (κ2) is 6.37. The molecule has 1 aliphatic heterocycles. The molecule has 0 N–H and O–H groups in total. The van der Waals surface area contributed by atoms with Crippen molar-refractivity contribution in [3.8, 4) is 0 Å². The Bertz CT molecular complexity index is 769. The van der Waals surface area contributed by atoms with Crippen molar-refractivity contribution in [1.82, 2.24) is 0 Å². The summed E-state index contributed by atoms with van der Waals surface area (Å²) in [4.78, 5) is 37.8. The molecule has 3 rings (SSSR count). The van der Waals surface area contributed by atoms with Crippen molar-refractivity contribution in [3.63, 3.8) is 0 Å². The van der Waals surface area contributed by atoms with E-state index < -0.39 is 29.2 Å². The van der Waals surface area contributed by atoms with Gasteiger partial charge in [0.15, 0.2) is 11.9 Å². The van der Waals surface area contributed by atoms with Crippen LogP contribution in [0.1, 0.15) is 27.6 Å². The molecule has 0 spiro atoms. The third-order valence-corrected chi connectivity index (χ3v) is 3.86. The number of hydrogen-bond donors (Lipinski definition) is 0. The van der Waals surface area contributed by atoms with E-state index in [0.29, 0.717) is 11.1 Å². The number of hydrogen-bond acceptors (Lipinski definition) is 5. The Morgan fingerprint density at radius 2 is 1.50 bits per heavy atom. The molecule has 0 aromatic heterocycles. The lowest BCUT2D eigenvalue weighted by molar-refractivity contribution is -0.147. The molecule has 0 bridgehead atoms. The average molecular weight is 324 g/mol. The summed E-state index contributed by atoms with van der Waals surface area (Å²) in [5, 5.41) is 0. The first-order chi connectivity index (χ1) is 11.6. The van der Waals surface area contributed by atoms with Crippen molar-refractivity contribution in [2.45, 2.75) is 18.6 Å². The Morgan fingerprint density at radius 1 is 0.958 bits per heavy atom. The largest absolute Gasteiger partial charge is 0.463 e. The van der Waals surface area contributed by atoms with E-state index in [1.165, 1.54) is 0 Å². The smallest absolute Gasteiger partial charge is 0.350 e. The maximum atomic E-state index is 12.8. The van der Waals surface area contributed by atoms with Gasteiger partial charge in [-0.2, -0.15) is 0 Å². The molecule has 1 fully saturated rings. The Labute approximate surface area is 139 Å². The van der Waals surface area contributed by atoms with Crippen LogP contribution in [0.4, 0.5) is 0 Å². The van der Waals surface area contributed by atoms with Gasteiger partial charge in [-0.3, -0.25) is 9.59 Å². The number of carbonyl (C=O) groups excluding carboxylic acids is 3. The van der Waals surface area contributed by atoms with E-state index >= 15 is 0 Å². The summed E-state index contributed by atoms with van der Waals surface area (Å²) in [5.74, 6) is -1.79. The van der Waals surface area contributed by atoms with Crippen LogP contribution in [-0.4, -0.2) is 35.8 Å². The average Bonchev–Trinajstić information content (AvgIpc) is 3.39. The van der Waals surface area contributed by atoms with Crippen molar-refractivity contribution < 1.29 is 23.9 Å².